The molecule has 1 unspecified atom stereocenters. The zero-order chi connectivity index (χ0) is 20.1. The fourth-order valence-corrected chi connectivity index (χ4v) is 4.34. The number of thioether (sulfide) groups is 2. The lowest BCUT2D eigenvalue weighted by molar-refractivity contribution is 0.482. The molecule has 1 aromatic rings. The van der Waals surface area contributed by atoms with Crippen LogP contribution in [0, 0.1) is 12.8 Å². The fourth-order valence-electron chi connectivity index (χ4n) is 2.97. The summed E-state index contributed by atoms with van der Waals surface area (Å²) in [5.74, 6) is 1.91. The molecule has 148 valence electrons. The summed E-state index contributed by atoms with van der Waals surface area (Å²) in [6, 6.07) is 8.58. The van der Waals surface area contributed by atoms with Gasteiger partial charge in [-0.1, -0.05) is 57.0 Å². The summed E-state index contributed by atoms with van der Waals surface area (Å²) in [5, 5.41) is 2.09. The SMILES string of the molecule is C=C(/C=C\SC)/C(SCCCC(C)CCC)=C(/N=CC)c1cccc(C)c1. The van der Waals surface area contributed by atoms with E-state index < -0.39 is 0 Å². The van der Waals surface area contributed by atoms with Crippen molar-refractivity contribution in [2.45, 2.75) is 53.4 Å². The average molecular weight is 402 g/mol. The van der Waals surface area contributed by atoms with Crippen LogP contribution in [0.25, 0.3) is 5.70 Å². The highest BCUT2D eigenvalue weighted by atomic mass is 32.2. The zero-order valence-electron chi connectivity index (χ0n) is 17.6. The number of aliphatic imine (C=N–C) groups is 1. The Morgan fingerprint density at radius 3 is 2.70 bits per heavy atom. The Hall–Kier alpha value is -1.19. The molecule has 0 heterocycles. The molecule has 3 heteroatoms. The molecule has 0 saturated heterocycles. The van der Waals surface area contributed by atoms with Crippen LogP contribution < -0.4 is 0 Å². The minimum atomic E-state index is 0.813. The van der Waals surface area contributed by atoms with Crippen LogP contribution in [0.4, 0.5) is 0 Å². The first-order valence-corrected chi connectivity index (χ1v) is 12.1. The van der Waals surface area contributed by atoms with E-state index in [9.17, 15) is 0 Å². The van der Waals surface area contributed by atoms with E-state index in [0.29, 0.717) is 0 Å². The third-order valence-corrected chi connectivity index (χ3v) is 5.98. The van der Waals surface area contributed by atoms with Gasteiger partial charge in [-0.3, -0.25) is 4.99 Å². The van der Waals surface area contributed by atoms with Crippen molar-refractivity contribution in [2.24, 2.45) is 10.9 Å². The van der Waals surface area contributed by atoms with Crippen molar-refractivity contribution in [2.75, 3.05) is 12.0 Å². The molecule has 0 aliphatic rings. The Labute approximate surface area is 175 Å². The second-order valence-electron chi connectivity index (χ2n) is 6.88. The van der Waals surface area contributed by atoms with E-state index in [1.54, 1.807) is 11.8 Å². The van der Waals surface area contributed by atoms with Gasteiger partial charge in [0.2, 0.25) is 0 Å². The number of hydrogen-bond acceptors (Lipinski definition) is 3. The van der Waals surface area contributed by atoms with Crippen LogP contribution in [0.3, 0.4) is 0 Å². The van der Waals surface area contributed by atoms with Crippen LogP contribution >= 0.6 is 23.5 Å². The average Bonchev–Trinajstić information content (AvgIpc) is 2.65. The molecule has 0 saturated carbocycles. The molecule has 0 spiro atoms. The van der Waals surface area contributed by atoms with Crippen molar-refractivity contribution in [3.63, 3.8) is 0 Å². The molecule has 0 fully saturated rings. The van der Waals surface area contributed by atoms with Crippen molar-refractivity contribution >= 4 is 35.4 Å². The normalized spacial score (nSPS) is 14.0. The van der Waals surface area contributed by atoms with E-state index in [-0.39, 0.29) is 0 Å². The third kappa shape index (κ3) is 9.03. The molecular weight excluding hydrogens is 366 g/mol. The Bertz CT molecular complexity index is 671. The van der Waals surface area contributed by atoms with E-state index in [1.165, 1.54) is 36.2 Å². The first kappa shape index (κ1) is 23.8. The van der Waals surface area contributed by atoms with E-state index in [2.05, 4.69) is 69.4 Å². The molecule has 0 radical (unpaired) electrons. The van der Waals surface area contributed by atoms with Gasteiger partial charge in [0, 0.05) is 16.7 Å². The topological polar surface area (TPSA) is 12.4 Å². The van der Waals surface area contributed by atoms with Gasteiger partial charge in [-0.05, 0) is 67.7 Å². The molecule has 0 N–H and O–H groups in total. The molecule has 1 aromatic carbocycles. The predicted molar refractivity (Wildman–Crippen MR) is 130 cm³/mol. The Morgan fingerprint density at radius 2 is 2.07 bits per heavy atom. The van der Waals surface area contributed by atoms with Gasteiger partial charge in [-0.25, -0.2) is 0 Å². The molecule has 0 aliphatic carbocycles. The largest absolute Gasteiger partial charge is 0.260 e. The van der Waals surface area contributed by atoms with Crippen LogP contribution in [-0.4, -0.2) is 18.2 Å². The highest BCUT2D eigenvalue weighted by molar-refractivity contribution is 8.03. The minimum Gasteiger partial charge on any atom is -0.260 e. The Morgan fingerprint density at radius 1 is 1.30 bits per heavy atom. The maximum Gasteiger partial charge on any atom is 0.0839 e. The second kappa shape index (κ2) is 13.9. The monoisotopic (exact) mass is 401 g/mol. The van der Waals surface area contributed by atoms with Crippen LogP contribution in [0.5, 0.6) is 0 Å². The first-order valence-electron chi connectivity index (χ1n) is 9.84. The van der Waals surface area contributed by atoms with E-state index in [0.717, 1.165) is 28.5 Å². The van der Waals surface area contributed by atoms with Gasteiger partial charge in [-0.2, -0.15) is 0 Å². The van der Waals surface area contributed by atoms with Crippen molar-refractivity contribution in [3.8, 4) is 0 Å². The standard InChI is InChI=1S/C24H35NS2/c1-7-11-19(3)13-10-16-27-24(21(5)15-17-26-6)23(25-8-2)22-14-9-12-20(4)18-22/h8-9,12,14-15,17-19H,5,7,10-11,13,16H2,1-4,6H3/b17-15-,24-23-,25-8?. The summed E-state index contributed by atoms with van der Waals surface area (Å²) < 4.78 is 0. The summed E-state index contributed by atoms with van der Waals surface area (Å²) in [6.45, 7) is 13.1. The van der Waals surface area contributed by atoms with Gasteiger partial charge in [-0.15, -0.1) is 23.5 Å². The predicted octanol–water partition coefficient (Wildman–Crippen LogP) is 8.14. The maximum atomic E-state index is 4.74. The third-order valence-electron chi connectivity index (χ3n) is 4.33. The molecule has 1 atom stereocenters. The van der Waals surface area contributed by atoms with E-state index >= 15 is 0 Å². The summed E-state index contributed by atoms with van der Waals surface area (Å²) in [4.78, 5) is 5.93. The Balaban J connectivity index is 3.10. The van der Waals surface area contributed by atoms with Crippen LogP contribution in [0.15, 0.2) is 57.8 Å². The van der Waals surface area contributed by atoms with Crippen molar-refractivity contribution in [1.82, 2.24) is 0 Å². The van der Waals surface area contributed by atoms with Crippen LogP contribution in [0.1, 0.15) is 57.6 Å². The van der Waals surface area contributed by atoms with Gasteiger partial charge in [0.15, 0.2) is 0 Å². The van der Waals surface area contributed by atoms with Gasteiger partial charge in [0.25, 0.3) is 0 Å². The molecule has 0 aromatic heterocycles. The first-order chi connectivity index (χ1) is 13.0. The molecule has 0 bridgehead atoms. The summed E-state index contributed by atoms with van der Waals surface area (Å²) in [7, 11) is 0. The quantitative estimate of drug-likeness (QED) is 0.199. The van der Waals surface area contributed by atoms with Crippen molar-refractivity contribution in [3.05, 3.63) is 63.9 Å². The highest BCUT2D eigenvalue weighted by Gasteiger charge is 2.12. The van der Waals surface area contributed by atoms with Gasteiger partial charge >= 0.3 is 0 Å². The molecule has 0 aliphatic heterocycles. The Kier molecular flexibility index (Phi) is 12.3. The number of hydrogen-bond donors (Lipinski definition) is 0. The van der Waals surface area contributed by atoms with Gasteiger partial charge in [0.05, 0.1) is 5.70 Å². The van der Waals surface area contributed by atoms with E-state index in [4.69, 9.17) is 4.99 Å². The molecule has 0 amide bonds. The van der Waals surface area contributed by atoms with Gasteiger partial charge in [0.1, 0.15) is 0 Å². The summed E-state index contributed by atoms with van der Waals surface area (Å²) >= 11 is 3.59. The number of aryl methyl sites for hydroxylation is 1. The number of allylic oxidation sites excluding steroid dienone is 2. The number of nitrogens with zero attached hydrogens (tertiary/aromatic N) is 1. The van der Waals surface area contributed by atoms with E-state index in [1.807, 2.05) is 24.9 Å². The second-order valence-corrected chi connectivity index (χ2v) is 8.73. The lowest BCUT2D eigenvalue weighted by atomic mass is 10.0. The zero-order valence-corrected chi connectivity index (χ0v) is 19.3. The molecule has 27 heavy (non-hydrogen) atoms. The van der Waals surface area contributed by atoms with Crippen molar-refractivity contribution < 1.29 is 0 Å². The molecule has 1 rings (SSSR count). The maximum absolute atomic E-state index is 4.74. The van der Waals surface area contributed by atoms with Crippen LogP contribution in [-0.2, 0) is 0 Å². The molecular formula is C24H35NS2. The number of benzene rings is 1. The highest BCUT2D eigenvalue weighted by Crippen LogP contribution is 2.35. The number of rotatable bonds is 12. The van der Waals surface area contributed by atoms with Crippen LogP contribution in [0.2, 0.25) is 0 Å². The lowest BCUT2D eigenvalue weighted by Crippen LogP contribution is -1.96. The summed E-state index contributed by atoms with van der Waals surface area (Å²) in [6.07, 6.45) is 11.2. The fraction of sp³-hybridized carbons (Fsp3) is 0.458. The minimum absolute atomic E-state index is 0.813. The smallest absolute Gasteiger partial charge is 0.0839 e. The molecule has 1 nitrogen and oxygen atoms in total. The van der Waals surface area contributed by atoms with Crippen molar-refractivity contribution in [1.29, 1.82) is 0 Å². The lowest BCUT2D eigenvalue weighted by Gasteiger charge is -2.14. The van der Waals surface area contributed by atoms with Gasteiger partial charge < -0.3 is 0 Å². The summed E-state index contributed by atoms with van der Waals surface area (Å²) in [5.41, 5.74) is 4.48.